The van der Waals surface area contributed by atoms with Crippen LogP contribution in [-0.2, 0) is 6.54 Å². The van der Waals surface area contributed by atoms with Crippen molar-refractivity contribution in [3.63, 3.8) is 0 Å². The molecule has 0 atom stereocenters. The Labute approximate surface area is 99.2 Å². The third-order valence-electron chi connectivity index (χ3n) is 2.72. The molecule has 0 amide bonds. The largest absolute Gasteiger partial charge is 0.382 e. The van der Waals surface area contributed by atoms with E-state index in [0.29, 0.717) is 5.92 Å². The van der Waals surface area contributed by atoms with Crippen LogP contribution < -0.4 is 5.32 Å². The van der Waals surface area contributed by atoms with Crippen molar-refractivity contribution in [1.29, 1.82) is 0 Å². The Morgan fingerprint density at radius 3 is 2.50 bits per heavy atom. The Morgan fingerprint density at radius 1 is 1.25 bits per heavy atom. The molecule has 3 nitrogen and oxygen atoms in total. The fourth-order valence-corrected chi connectivity index (χ4v) is 1.54. The van der Waals surface area contributed by atoms with E-state index >= 15 is 0 Å². The minimum absolute atomic E-state index is 0.665. The maximum atomic E-state index is 4.42. The average molecular weight is 223 g/mol. The Kier molecular flexibility index (Phi) is 4.84. The SMILES string of the molecule is Cc1c(NCC(C)C)cnn1CCC(C)C. The van der Waals surface area contributed by atoms with Gasteiger partial charge in [-0.25, -0.2) is 0 Å². The number of nitrogens with zero attached hydrogens (tertiary/aromatic N) is 2. The Balaban J connectivity index is 2.54. The van der Waals surface area contributed by atoms with Crippen molar-refractivity contribution in [1.82, 2.24) is 9.78 Å². The van der Waals surface area contributed by atoms with Gasteiger partial charge in [-0.15, -0.1) is 0 Å². The lowest BCUT2D eigenvalue weighted by molar-refractivity contribution is 0.480. The molecule has 0 aliphatic carbocycles. The summed E-state index contributed by atoms with van der Waals surface area (Å²) < 4.78 is 2.10. The van der Waals surface area contributed by atoms with E-state index in [1.807, 2.05) is 6.20 Å². The summed E-state index contributed by atoms with van der Waals surface area (Å²) >= 11 is 0. The second-order valence-corrected chi connectivity index (χ2v) is 5.32. The molecule has 0 saturated heterocycles. The van der Waals surface area contributed by atoms with Crippen LogP contribution in [0.2, 0.25) is 0 Å². The number of aromatic nitrogens is 2. The van der Waals surface area contributed by atoms with Gasteiger partial charge in [-0.1, -0.05) is 27.7 Å². The highest BCUT2D eigenvalue weighted by Crippen LogP contribution is 2.15. The van der Waals surface area contributed by atoms with E-state index in [0.717, 1.165) is 19.0 Å². The summed E-state index contributed by atoms with van der Waals surface area (Å²) in [4.78, 5) is 0. The summed E-state index contributed by atoms with van der Waals surface area (Å²) in [5.41, 5.74) is 2.43. The van der Waals surface area contributed by atoms with Gasteiger partial charge in [0.15, 0.2) is 0 Å². The second-order valence-electron chi connectivity index (χ2n) is 5.32. The maximum absolute atomic E-state index is 4.42. The van der Waals surface area contributed by atoms with E-state index in [9.17, 15) is 0 Å². The van der Waals surface area contributed by atoms with Crippen LogP contribution in [0.5, 0.6) is 0 Å². The summed E-state index contributed by atoms with van der Waals surface area (Å²) in [6.45, 7) is 13.1. The Hall–Kier alpha value is -0.990. The fraction of sp³-hybridized carbons (Fsp3) is 0.769. The molecule has 1 N–H and O–H groups in total. The monoisotopic (exact) mass is 223 g/mol. The molecule has 3 heteroatoms. The lowest BCUT2D eigenvalue weighted by atomic mass is 10.1. The van der Waals surface area contributed by atoms with E-state index in [2.05, 4.69) is 49.7 Å². The predicted molar refractivity (Wildman–Crippen MR) is 69.7 cm³/mol. The van der Waals surface area contributed by atoms with Gasteiger partial charge in [0.25, 0.3) is 0 Å². The van der Waals surface area contributed by atoms with Crippen LogP contribution in [0.3, 0.4) is 0 Å². The smallest absolute Gasteiger partial charge is 0.0756 e. The molecular weight excluding hydrogens is 198 g/mol. The lowest BCUT2D eigenvalue weighted by Gasteiger charge is -2.10. The molecule has 0 radical (unpaired) electrons. The second kappa shape index (κ2) is 5.92. The van der Waals surface area contributed by atoms with E-state index in [4.69, 9.17) is 0 Å². The highest BCUT2D eigenvalue weighted by atomic mass is 15.3. The van der Waals surface area contributed by atoms with E-state index in [1.165, 1.54) is 17.8 Å². The van der Waals surface area contributed by atoms with Crippen molar-refractivity contribution in [3.8, 4) is 0 Å². The summed E-state index contributed by atoms with van der Waals surface area (Å²) in [6.07, 6.45) is 3.13. The summed E-state index contributed by atoms with van der Waals surface area (Å²) in [7, 11) is 0. The highest BCUT2D eigenvalue weighted by Gasteiger charge is 2.06. The first kappa shape index (κ1) is 13.1. The molecule has 0 aliphatic heterocycles. The van der Waals surface area contributed by atoms with Crippen LogP contribution >= 0.6 is 0 Å². The average Bonchev–Trinajstić information content (AvgIpc) is 2.53. The summed E-state index contributed by atoms with van der Waals surface area (Å²) in [5, 5.41) is 7.86. The quantitative estimate of drug-likeness (QED) is 0.802. The molecular formula is C13H25N3. The summed E-state index contributed by atoms with van der Waals surface area (Å²) in [5.74, 6) is 1.40. The van der Waals surface area contributed by atoms with Gasteiger partial charge in [-0.3, -0.25) is 4.68 Å². The number of rotatable bonds is 6. The van der Waals surface area contributed by atoms with Crippen molar-refractivity contribution in [2.45, 2.75) is 47.6 Å². The van der Waals surface area contributed by atoms with Crippen LogP contribution in [0, 0.1) is 18.8 Å². The molecule has 1 rings (SSSR count). The minimum Gasteiger partial charge on any atom is -0.382 e. The van der Waals surface area contributed by atoms with Gasteiger partial charge in [-0.2, -0.15) is 5.10 Å². The third-order valence-corrected chi connectivity index (χ3v) is 2.72. The molecule has 0 saturated carbocycles. The maximum Gasteiger partial charge on any atom is 0.0756 e. The standard InChI is InChI=1S/C13H25N3/c1-10(2)6-7-16-12(5)13(9-15-16)14-8-11(3)4/h9-11,14H,6-8H2,1-5H3. The first-order chi connectivity index (χ1) is 7.50. The van der Waals surface area contributed by atoms with Crippen molar-refractivity contribution in [2.75, 3.05) is 11.9 Å². The van der Waals surface area contributed by atoms with Crippen molar-refractivity contribution >= 4 is 5.69 Å². The van der Waals surface area contributed by atoms with Crippen molar-refractivity contribution in [2.24, 2.45) is 11.8 Å². The predicted octanol–water partition coefficient (Wildman–Crippen LogP) is 3.31. The van der Waals surface area contributed by atoms with Crippen LogP contribution in [0.1, 0.15) is 39.8 Å². The van der Waals surface area contributed by atoms with E-state index in [-0.39, 0.29) is 0 Å². The molecule has 0 aliphatic rings. The highest BCUT2D eigenvalue weighted by molar-refractivity contribution is 5.45. The van der Waals surface area contributed by atoms with Gasteiger partial charge in [0.2, 0.25) is 0 Å². The zero-order valence-electron chi connectivity index (χ0n) is 11.2. The summed E-state index contributed by atoms with van der Waals surface area (Å²) in [6, 6.07) is 0. The molecule has 0 unspecified atom stereocenters. The van der Waals surface area contributed by atoms with Gasteiger partial charge in [0.05, 0.1) is 17.6 Å². The van der Waals surface area contributed by atoms with Gasteiger partial charge in [-0.05, 0) is 25.2 Å². The number of nitrogens with one attached hydrogen (secondary N) is 1. The van der Waals surface area contributed by atoms with E-state index < -0.39 is 0 Å². The molecule has 1 aromatic heterocycles. The number of anilines is 1. The zero-order chi connectivity index (χ0) is 12.1. The van der Waals surface area contributed by atoms with Gasteiger partial charge in [0.1, 0.15) is 0 Å². The third kappa shape index (κ3) is 3.87. The molecule has 0 aromatic carbocycles. The molecule has 0 fully saturated rings. The number of hydrogen-bond donors (Lipinski definition) is 1. The van der Waals surface area contributed by atoms with Gasteiger partial charge >= 0.3 is 0 Å². The first-order valence-electron chi connectivity index (χ1n) is 6.27. The van der Waals surface area contributed by atoms with Gasteiger partial charge in [0, 0.05) is 13.1 Å². The number of hydrogen-bond acceptors (Lipinski definition) is 2. The van der Waals surface area contributed by atoms with Crippen LogP contribution in [0.15, 0.2) is 6.20 Å². The lowest BCUT2D eigenvalue weighted by Crippen LogP contribution is -2.09. The minimum atomic E-state index is 0.665. The Bertz CT molecular complexity index is 283. The fourth-order valence-electron chi connectivity index (χ4n) is 1.54. The molecule has 92 valence electrons. The van der Waals surface area contributed by atoms with Gasteiger partial charge < -0.3 is 5.32 Å². The molecule has 1 heterocycles. The molecule has 16 heavy (non-hydrogen) atoms. The molecule has 0 bridgehead atoms. The van der Waals surface area contributed by atoms with Crippen LogP contribution in [0.4, 0.5) is 5.69 Å². The van der Waals surface area contributed by atoms with Crippen molar-refractivity contribution in [3.05, 3.63) is 11.9 Å². The molecule has 1 aromatic rings. The first-order valence-corrected chi connectivity index (χ1v) is 6.27. The van der Waals surface area contributed by atoms with Crippen molar-refractivity contribution < 1.29 is 0 Å². The normalized spacial score (nSPS) is 11.4. The molecule has 0 spiro atoms. The Morgan fingerprint density at radius 2 is 1.94 bits per heavy atom. The zero-order valence-corrected chi connectivity index (χ0v) is 11.2. The van der Waals surface area contributed by atoms with Crippen LogP contribution in [-0.4, -0.2) is 16.3 Å². The topological polar surface area (TPSA) is 29.9 Å². The van der Waals surface area contributed by atoms with Crippen LogP contribution in [0.25, 0.3) is 0 Å². The number of aryl methyl sites for hydroxylation is 1. The van der Waals surface area contributed by atoms with E-state index in [1.54, 1.807) is 0 Å².